The molecule has 1 amide bonds. The third-order valence-electron chi connectivity index (χ3n) is 5.31. The molecule has 148 valence electrons. The van der Waals surface area contributed by atoms with Gasteiger partial charge in [-0.3, -0.25) is 9.78 Å². The zero-order chi connectivity index (χ0) is 20.4. The lowest BCUT2D eigenvalue weighted by Crippen LogP contribution is -2.32. The van der Waals surface area contributed by atoms with Crippen LogP contribution >= 0.6 is 0 Å². The Labute approximate surface area is 169 Å². The van der Waals surface area contributed by atoms with Gasteiger partial charge < -0.3 is 4.90 Å². The van der Waals surface area contributed by atoms with Crippen molar-refractivity contribution in [3.63, 3.8) is 0 Å². The molecule has 3 nitrogen and oxygen atoms in total. The Morgan fingerprint density at radius 3 is 2.59 bits per heavy atom. The maximum atomic E-state index is 13.5. The number of carbonyl (C=O) groups excluding carboxylic acids is 1. The van der Waals surface area contributed by atoms with Crippen molar-refractivity contribution < 1.29 is 13.6 Å². The summed E-state index contributed by atoms with van der Waals surface area (Å²) >= 11 is 0. The molecule has 1 atom stereocenters. The molecule has 1 aliphatic rings. The number of carbonyl (C=O) groups is 1. The molecule has 4 rings (SSSR count). The fourth-order valence-corrected chi connectivity index (χ4v) is 3.97. The van der Waals surface area contributed by atoms with Gasteiger partial charge >= 0.3 is 0 Å². The first-order valence-electron chi connectivity index (χ1n) is 9.78. The number of benzene rings is 2. The normalized spacial score (nSPS) is 16.2. The van der Waals surface area contributed by atoms with Crippen molar-refractivity contribution in [2.45, 2.75) is 32.2 Å². The second-order valence-electron chi connectivity index (χ2n) is 7.48. The second kappa shape index (κ2) is 8.11. The standard InChI is InChI=1S/C24H22F2N2O/c1-16-12-19(18-7-9-20(25)10-8-18)15-22(27-16)23-6-3-11-28(23)24(29)14-17-4-2-5-21(26)13-17/h2,4-5,7-10,12-13,15,23H,3,6,11,14H2,1H3/t23-/m1/s1. The molecule has 0 spiro atoms. The van der Waals surface area contributed by atoms with E-state index in [0.29, 0.717) is 12.1 Å². The van der Waals surface area contributed by atoms with Crippen LogP contribution in [0.3, 0.4) is 0 Å². The van der Waals surface area contributed by atoms with Crippen molar-refractivity contribution >= 4 is 5.91 Å². The number of amides is 1. The van der Waals surface area contributed by atoms with Gasteiger partial charge in [-0.15, -0.1) is 0 Å². The Hall–Kier alpha value is -3.08. The average Bonchev–Trinajstić information content (AvgIpc) is 3.18. The Kier molecular flexibility index (Phi) is 5.38. The van der Waals surface area contributed by atoms with E-state index >= 15 is 0 Å². The summed E-state index contributed by atoms with van der Waals surface area (Å²) in [5, 5.41) is 0. The zero-order valence-corrected chi connectivity index (χ0v) is 16.2. The molecule has 5 heteroatoms. The van der Waals surface area contributed by atoms with Crippen LogP contribution in [0.1, 0.15) is 35.8 Å². The van der Waals surface area contributed by atoms with Gasteiger partial charge in [0.1, 0.15) is 11.6 Å². The van der Waals surface area contributed by atoms with Crippen molar-refractivity contribution in [1.82, 2.24) is 9.88 Å². The highest BCUT2D eigenvalue weighted by atomic mass is 19.1. The summed E-state index contributed by atoms with van der Waals surface area (Å²) in [5.74, 6) is -0.632. The van der Waals surface area contributed by atoms with E-state index in [1.165, 1.54) is 24.3 Å². The number of pyridine rings is 1. The molecule has 3 aromatic rings. The summed E-state index contributed by atoms with van der Waals surface area (Å²) in [4.78, 5) is 19.5. The fraction of sp³-hybridized carbons (Fsp3) is 0.250. The van der Waals surface area contributed by atoms with Crippen LogP contribution in [0.15, 0.2) is 60.7 Å². The quantitative estimate of drug-likeness (QED) is 0.608. The maximum absolute atomic E-state index is 13.5. The molecule has 0 bridgehead atoms. The SMILES string of the molecule is Cc1cc(-c2ccc(F)cc2)cc([C@H]2CCCN2C(=O)Cc2cccc(F)c2)n1. The predicted octanol–water partition coefficient (Wildman–Crippen LogP) is 5.24. The third kappa shape index (κ3) is 4.34. The number of halogens is 2. The van der Waals surface area contributed by atoms with Gasteiger partial charge in [0.15, 0.2) is 0 Å². The van der Waals surface area contributed by atoms with Crippen molar-refractivity contribution in [3.05, 3.63) is 89.2 Å². The molecule has 2 heterocycles. The van der Waals surface area contributed by atoms with E-state index in [2.05, 4.69) is 4.98 Å². The lowest BCUT2D eigenvalue weighted by molar-refractivity contribution is -0.131. The van der Waals surface area contributed by atoms with E-state index in [4.69, 9.17) is 0 Å². The van der Waals surface area contributed by atoms with E-state index in [0.717, 1.165) is 35.4 Å². The van der Waals surface area contributed by atoms with E-state index < -0.39 is 0 Å². The number of aryl methyl sites for hydroxylation is 1. The van der Waals surface area contributed by atoms with Gasteiger partial charge in [-0.1, -0.05) is 24.3 Å². The summed E-state index contributed by atoms with van der Waals surface area (Å²) in [5.41, 5.74) is 4.23. The van der Waals surface area contributed by atoms with Crippen LogP contribution in [0.2, 0.25) is 0 Å². The van der Waals surface area contributed by atoms with Crippen LogP contribution in [0.25, 0.3) is 11.1 Å². The Bertz CT molecular complexity index is 1030. The second-order valence-corrected chi connectivity index (χ2v) is 7.48. The van der Waals surface area contributed by atoms with Gasteiger partial charge in [0.05, 0.1) is 18.2 Å². The minimum atomic E-state index is -0.336. The third-order valence-corrected chi connectivity index (χ3v) is 5.31. The van der Waals surface area contributed by atoms with Gasteiger partial charge in [0.25, 0.3) is 0 Å². The number of aromatic nitrogens is 1. The van der Waals surface area contributed by atoms with Gasteiger partial charge in [0.2, 0.25) is 5.91 Å². The van der Waals surface area contributed by atoms with Gasteiger partial charge in [-0.2, -0.15) is 0 Å². The van der Waals surface area contributed by atoms with E-state index in [1.54, 1.807) is 24.3 Å². The summed E-state index contributed by atoms with van der Waals surface area (Å²) < 4.78 is 26.7. The van der Waals surface area contributed by atoms with Gasteiger partial charge in [-0.25, -0.2) is 8.78 Å². The average molecular weight is 392 g/mol. The topological polar surface area (TPSA) is 33.2 Å². The minimum Gasteiger partial charge on any atom is -0.334 e. The number of rotatable bonds is 4. The fourth-order valence-electron chi connectivity index (χ4n) is 3.97. The van der Waals surface area contributed by atoms with Crippen LogP contribution in [0.4, 0.5) is 8.78 Å². The van der Waals surface area contributed by atoms with Crippen molar-refractivity contribution in [2.75, 3.05) is 6.54 Å². The van der Waals surface area contributed by atoms with E-state index in [1.807, 2.05) is 24.0 Å². The Balaban J connectivity index is 1.59. The largest absolute Gasteiger partial charge is 0.334 e. The molecule has 29 heavy (non-hydrogen) atoms. The van der Waals surface area contributed by atoms with Crippen LogP contribution in [-0.2, 0) is 11.2 Å². The first-order chi connectivity index (χ1) is 14.0. The van der Waals surface area contributed by atoms with Gasteiger partial charge in [0, 0.05) is 12.2 Å². The zero-order valence-electron chi connectivity index (χ0n) is 16.2. The molecule has 0 N–H and O–H groups in total. The van der Waals surface area contributed by atoms with E-state index in [-0.39, 0.29) is 30.0 Å². The number of nitrogens with zero attached hydrogens (tertiary/aromatic N) is 2. The first-order valence-corrected chi connectivity index (χ1v) is 9.78. The van der Waals surface area contributed by atoms with Crippen molar-refractivity contribution in [1.29, 1.82) is 0 Å². The molecule has 0 aliphatic carbocycles. The number of likely N-dealkylation sites (tertiary alicyclic amines) is 1. The molecular formula is C24H22F2N2O. The molecule has 0 saturated carbocycles. The van der Waals surface area contributed by atoms with Crippen LogP contribution in [0.5, 0.6) is 0 Å². The Morgan fingerprint density at radius 2 is 1.83 bits per heavy atom. The Morgan fingerprint density at radius 1 is 1.03 bits per heavy atom. The number of hydrogen-bond donors (Lipinski definition) is 0. The molecular weight excluding hydrogens is 370 g/mol. The monoisotopic (exact) mass is 392 g/mol. The lowest BCUT2D eigenvalue weighted by atomic mass is 10.0. The molecule has 1 aromatic heterocycles. The molecule has 1 aliphatic heterocycles. The van der Waals surface area contributed by atoms with Crippen LogP contribution in [-0.4, -0.2) is 22.3 Å². The van der Waals surface area contributed by atoms with Crippen molar-refractivity contribution in [2.24, 2.45) is 0 Å². The molecule has 1 saturated heterocycles. The summed E-state index contributed by atoms with van der Waals surface area (Å²) in [6.45, 7) is 2.59. The summed E-state index contributed by atoms with van der Waals surface area (Å²) in [6, 6.07) is 16.4. The highest BCUT2D eigenvalue weighted by Crippen LogP contribution is 2.34. The number of hydrogen-bond acceptors (Lipinski definition) is 2. The van der Waals surface area contributed by atoms with Crippen molar-refractivity contribution in [3.8, 4) is 11.1 Å². The smallest absolute Gasteiger partial charge is 0.227 e. The molecule has 0 radical (unpaired) electrons. The lowest BCUT2D eigenvalue weighted by Gasteiger charge is -2.25. The first kappa shape index (κ1) is 19.2. The molecule has 2 aromatic carbocycles. The summed E-state index contributed by atoms with van der Waals surface area (Å²) in [7, 11) is 0. The summed E-state index contributed by atoms with van der Waals surface area (Å²) in [6.07, 6.45) is 1.92. The van der Waals surface area contributed by atoms with Crippen LogP contribution in [0, 0.1) is 18.6 Å². The highest BCUT2D eigenvalue weighted by molar-refractivity contribution is 5.79. The molecule has 1 fully saturated rings. The highest BCUT2D eigenvalue weighted by Gasteiger charge is 2.31. The molecule has 0 unspecified atom stereocenters. The minimum absolute atomic E-state index is 0.0234. The van der Waals surface area contributed by atoms with E-state index in [9.17, 15) is 13.6 Å². The van der Waals surface area contributed by atoms with Gasteiger partial charge in [-0.05, 0) is 72.9 Å². The van der Waals surface area contributed by atoms with Crippen LogP contribution < -0.4 is 0 Å². The maximum Gasteiger partial charge on any atom is 0.227 e. The predicted molar refractivity (Wildman–Crippen MR) is 108 cm³/mol.